The van der Waals surface area contributed by atoms with E-state index in [4.69, 9.17) is 20.2 Å². The molecule has 1 aliphatic carbocycles. The van der Waals surface area contributed by atoms with Gasteiger partial charge in [0.25, 0.3) is 0 Å². The van der Waals surface area contributed by atoms with Gasteiger partial charge in [-0.2, -0.15) is 0 Å². The van der Waals surface area contributed by atoms with E-state index in [0.29, 0.717) is 31.6 Å². The van der Waals surface area contributed by atoms with Crippen molar-refractivity contribution in [1.82, 2.24) is 9.97 Å². The summed E-state index contributed by atoms with van der Waals surface area (Å²) >= 11 is 0. The molecule has 0 spiro atoms. The van der Waals surface area contributed by atoms with E-state index in [-0.39, 0.29) is 0 Å². The van der Waals surface area contributed by atoms with Crippen molar-refractivity contribution < 1.29 is 9.47 Å². The Labute approximate surface area is 113 Å². The van der Waals surface area contributed by atoms with Crippen LogP contribution in [0, 0.1) is 0 Å². The molecule has 19 heavy (non-hydrogen) atoms. The number of rotatable bonds is 4. The summed E-state index contributed by atoms with van der Waals surface area (Å²) < 4.78 is 11.5. The molecule has 1 aromatic heterocycles. The Balaban J connectivity index is 1.96. The molecule has 1 aromatic rings. The molecule has 0 aromatic carbocycles. The van der Waals surface area contributed by atoms with Crippen LogP contribution in [0.2, 0.25) is 0 Å². The first kappa shape index (κ1) is 12.8. The molecule has 0 bridgehead atoms. The number of aromatic nitrogens is 2. The average molecular weight is 263 g/mol. The maximum absolute atomic E-state index is 6.01. The zero-order valence-electron chi connectivity index (χ0n) is 11.4. The second-order valence-electron chi connectivity index (χ2n) is 5.36. The molecule has 2 aliphatic rings. The summed E-state index contributed by atoms with van der Waals surface area (Å²) in [7, 11) is 0. The van der Waals surface area contributed by atoms with Gasteiger partial charge in [-0.05, 0) is 19.8 Å². The standard InChI is InChI=1S/C14H21N3O2/c1-2-19-14(5-7-18-8-6-14)13-16-11(10-3-4-10)9-12(15)17-13/h9-10H,2-8H2,1H3,(H2,15,16,17). The topological polar surface area (TPSA) is 70.3 Å². The van der Waals surface area contributed by atoms with Crippen molar-refractivity contribution in [3.8, 4) is 0 Å². The monoisotopic (exact) mass is 263 g/mol. The molecular formula is C14H21N3O2. The van der Waals surface area contributed by atoms with Crippen LogP contribution in [0.3, 0.4) is 0 Å². The summed E-state index contributed by atoms with van der Waals surface area (Å²) in [4.78, 5) is 9.18. The van der Waals surface area contributed by atoms with E-state index >= 15 is 0 Å². The van der Waals surface area contributed by atoms with Gasteiger partial charge in [-0.1, -0.05) is 0 Å². The minimum Gasteiger partial charge on any atom is -0.384 e. The number of anilines is 1. The molecule has 2 fully saturated rings. The number of nitrogens with zero attached hydrogens (tertiary/aromatic N) is 2. The Morgan fingerprint density at radius 1 is 1.37 bits per heavy atom. The van der Waals surface area contributed by atoms with Gasteiger partial charge in [0.1, 0.15) is 11.4 Å². The second kappa shape index (κ2) is 5.06. The molecule has 1 aliphatic heterocycles. The van der Waals surface area contributed by atoms with E-state index < -0.39 is 5.60 Å². The van der Waals surface area contributed by atoms with Crippen LogP contribution in [0.25, 0.3) is 0 Å². The number of nitrogens with two attached hydrogens (primary N) is 1. The third-order valence-electron chi connectivity index (χ3n) is 3.89. The fraction of sp³-hybridized carbons (Fsp3) is 0.714. The Morgan fingerprint density at radius 3 is 2.74 bits per heavy atom. The van der Waals surface area contributed by atoms with Crippen molar-refractivity contribution in [1.29, 1.82) is 0 Å². The summed E-state index contributed by atoms with van der Waals surface area (Å²) in [5.74, 6) is 1.87. The number of hydrogen-bond acceptors (Lipinski definition) is 5. The van der Waals surface area contributed by atoms with E-state index in [0.717, 1.165) is 24.4 Å². The van der Waals surface area contributed by atoms with Crippen LogP contribution in [0.4, 0.5) is 5.82 Å². The van der Waals surface area contributed by atoms with E-state index in [1.807, 2.05) is 13.0 Å². The summed E-state index contributed by atoms with van der Waals surface area (Å²) in [5.41, 5.74) is 6.62. The first-order chi connectivity index (χ1) is 9.23. The fourth-order valence-electron chi connectivity index (χ4n) is 2.69. The SMILES string of the molecule is CCOC1(c2nc(N)cc(C3CC3)n2)CCOCC1. The normalized spacial score (nSPS) is 22.4. The van der Waals surface area contributed by atoms with Crippen LogP contribution in [0.1, 0.15) is 50.0 Å². The first-order valence-electron chi connectivity index (χ1n) is 7.10. The van der Waals surface area contributed by atoms with Crippen LogP contribution in [0.15, 0.2) is 6.07 Å². The van der Waals surface area contributed by atoms with E-state index in [1.165, 1.54) is 12.8 Å². The zero-order valence-corrected chi connectivity index (χ0v) is 11.4. The van der Waals surface area contributed by atoms with Crippen LogP contribution < -0.4 is 5.73 Å². The molecule has 0 amide bonds. The van der Waals surface area contributed by atoms with Crippen molar-refractivity contribution in [2.45, 2.75) is 44.1 Å². The van der Waals surface area contributed by atoms with Crippen LogP contribution in [-0.4, -0.2) is 29.8 Å². The van der Waals surface area contributed by atoms with Gasteiger partial charge in [0.05, 0.1) is 0 Å². The van der Waals surface area contributed by atoms with Crippen LogP contribution >= 0.6 is 0 Å². The third-order valence-corrected chi connectivity index (χ3v) is 3.89. The molecule has 1 saturated heterocycles. The van der Waals surface area contributed by atoms with E-state index in [1.54, 1.807) is 0 Å². The molecule has 3 rings (SSSR count). The predicted molar refractivity (Wildman–Crippen MR) is 71.8 cm³/mol. The van der Waals surface area contributed by atoms with Crippen LogP contribution in [-0.2, 0) is 15.1 Å². The summed E-state index contributed by atoms with van der Waals surface area (Å²) in [6.45, 7) is 4.04. The largest absolute Gasteiger partial charge is 0.384 e. The molecule has 0 atom stereocenters. The van der Waals surface area contributed by atoms with E-state index in [2.05, 4.69) is 4.98 Å². The molecule has 0 radical (unpaired) electrons. The molecular weight excluding hydrogens is 242 g/mol. The summed E-state index contributed by atoms with van der Waals surface area (Å²) in [5, 5.41) is 0. The lowest BCUT2D eigenvalue weighted by molar-refractivity contribution is -0.117. The Hall–Kier alpha value is -1.20. The maximum atomic E-state index is 6.01. The fourth-order valence-corrected chi connectivity index (χ4v) is 2.69. The van der Waals surface area contributed by atoms with Gasteiger partial charge in [-0.25, -0.2) is 9.97 Å². The highest BCUT2D eigenvalue weighted by molar-refractivity contribution is 5.34. The lowest BCUT2D eigenvalue weighted by atomic mass is 9.92. The zero-order chi connectivity index (χ0) is 13.3. The highest BCUT2D eigenvalue weighted by Crippen LogP contribution is 2.41. The molecule has 2 heterocycles. The molecule has 1 saturated carbocycles. The minimum atomic E-state index is -0.411. The maximum Gasteiger partial charge on any atom is 0.163 e. The Morgan fingerprint density at radius 2 is 2.11 bits per heavy atom. The van der Waals surface area contributed by atoms with Crippen molar-refractivity contribution in [3.05, 3.63) is 17.6 Å². The predicted octanol–water partition coefficient (Wildman–Crippen LogP) is 1.98. The first-order valence-corrected chi connectivity index (χ1v) is 7.10. The van der Waals surface area contributed by atoms with Crippen LogP contribution in [0.5, 0.6) is 0 Å². The Bertz CT molecular complexity index is 448. The lowest BCUT2D eigenvalue weighted by Crippen LogP contribution is -2.38. The quantitative estimate of drug-likeness (QED) is 0.899. The van der Waals surface area contributed by atoms with Gasteiger partial charge in [0.2, 0.25) is 0 Å². The van der Waals surface area contributed by atoms with Crippen molar-refractivity contribution in [2.24, 2.45) is 0 Å². The Kier molecular flexibility index (Phi) is 3.41. The number of hydrogen-bond donors (Lipinski definition) is 1. The van der Waals surface area contributed by atoms with Crippen molar-refractivity contribution >= 4 is 5.82 Å². The van der Waals surface area contributed by atoms with Crippen molar-refractivity contribution in [2.75, 3.05) is 25.6 Å². The highest BCUT2D eigenvalue weighted by atomic mass is 16.5. The van der Waals surface area contributed by atoms with E-state index in [9.17, 15) is 0 Å². The van der Waals surface area contributed by atoms with Gasteiger partial charge in [-0.3, -0.25) is 0 Å². The lowest BCUT2D eigenvalue weighted by Gasteiger charge is -2.35. The number of nitrogen functional groups attached to an aromatic ring is 1. The average Bonchev–Trinajstić information content (AvgIpc) is 3.24. The summed E-state index contributed by atoms with van der Waals surface area (Å²) in [6, 6.07) is 1.90. The molecule has 104 valence electrons. The smallest absolute Gasteiger partial charge is 0.163 e. The molecule has 5 heteroatoms. The summed E-state index contributed by atoms with van der Waals surface area (Å²) in [6.07, 6.45) is 4.02. The van der Waals surface area contributed by atoms with Gasteiger partial charge < -0.3 is 15.2 Å². The second-order valence-corrected chi connectivity index (χ2v) is 5.36. The highest BCUT2D eigenvalue weighted by Gasteiger charge is 2.39. The van der Waals surface area contributed by atoms with Gasteiger partial charge in [-0.15, -0.1) is 0 Å². The van der Waals surface area contributed by atoms with Gasteiger partial charge >= 0.3 is 0 Å². The number of ether oxygens (including phenoxy) is 2. The molecule has 2 N–H and O–H groups in total. The molecule has 0 unspecified atom stereocenters. The molecule has 5 nitrogen and oxygen atoms in total. The van der Waals surface area contributed by atoms with Gasteiger partial charge in [0.15, 0.2) is 5.82 Å². The minimum absolute atomic E-state index is 0.411. The van der Waals surface area contributed by atoms with Gasteiger partial charge in [0, 0.05) is 50.3 Å². The van der Waals surface area contributed by atoms with Crippen molar-refractivity contribution in [3.63, 3.8) is 0 Å². The third kappa shape index (κ3) is 2.58.